The van der Waals surface area contributed by atoms with Crippen molar-refractivity contribution in [1.82, 2.24) is 0 Å². The van der Waals surface area contributed by atoms with E-state index in [0.717, 1.165) is 0 Å². The predicted molar refractivity (Wildman–Crippen MR) is 58.8 cm³/mol. The second kappa shape index (κ2) is 4.73. The third-order valence-corrected chi connectivity index (χ3v) is 3.05. The van der Waals surface area contributed by atoms with E-state index < -0.39 is 5.60 Å². The molecule has 2 nitrogen and oxygen atoms in total. The molecule has 1 aromatic rings. The van der Waals surface area contributed by atoms with E-state index in [4.69, 9.17) is 5.73 Å². The lowest BCUT2D eigenvalue weighted by atomic mass is 9.80. The molecule has 0 aliphatic heterocycles. The van der Waals surface area contributed by atoms with Crippen LogP contribution in [0.4, 0.5) is 4.39 Å². The van der Waals surface area contributed by atoms with E-state index in [0.29, 0.717) is 18.5 Å². The first-order valence-corrected chi connectivity index (χ1v) is 5.23. The van der Waals surface area contributed by atoms with Crippen LogP contribution in [0.3, 0.4) is 0 Å². The van der Waals surface area contributed by atoms with Crippen LogP contribution in [0.1, 0.15) is 25.8 Å². The van der Waals surface area contributed by atoms with Crippen LogP contribution in [0.5, 0.6) is 0 Å². The average molecular weight is 211 g/mol. The van der Waals surface area contributed by atoms with Gasteiger partial charge < -0.3 is 10.8 Å². The highest BCUT2D eigenvalue weighted by molar-refractivity contribution is 5.25. The molecule has 0 aliphatic rings. The fourth-order valence-corrected chi connectivity index (χ4v) is 1.81. The molecule has 0 radical (unpaired) electrons. The highest BCUT2D eigenvalue weighted by atomic mass is 19.1. The van der Waals surface area contributed by atoms with E-state index in [1.54, 1.807) is 18.2 Å². The van der Waals surface area contributed by atoms with Gasteiger partial charge in [0, 0.05) is 11.5 Å². The first kappa shape index (κ1) is 12.1. The number of aliphatic hydroxyl groups is 1. The molecule has 0 saturated heterocycles. The number of halogens is 1. The van der Waals surface area contributed by atoms with Gasteiger partial charge in [0.15, 0.2) is 0 Å². The maximum atomic E-state index is 13.6. The molecule has 3 N–H and O–H groups in total. The van der Waals surface area contributed by atoms with Gasteiger partial charge >= 0.3 is 0 Å². The van der Waals surface area contributed by atoms with Gasteiger partial charge in [0.1, 0.15) is 5.82 Å². The second-order valence-electron chi connectivity index (χ2n) is 3.89. The summed E-state index contributed by atoms with van der Waals surface area (Å²) >= 11 is 0. The molecule has 1 aromatic carbocycles. The molecule has 0 aliphatic carbocycles. The smallest absolute Gasteiger partial charge is 0.129 e. The van der Waals surface area contributed by atoms with Crippen molar-refractivity contribution >= 4 is 0 Å². The summed E-state index contributed by atoms with van der Waals surface area (Å²) in [4.78, 5) is 0. The minimum atomic E-state index is -1.17. The number of hydrogen-bond acceptors (Lipinski definition) is 2. The lowest BCUT2D eigenvalue weighted by Gasteiger charge is -2.33. The number of hydrogen-bond donors (Lipinski definition) is 2. The largest absolute Gasteiger partial charge is 0.385 e. The van der Waals surface area contributed by atoms with E-state index >= 15 is 0 Å². The van der Waals surface area contributed by atoms with Crippen molar-refractivity contribution in [3.8, 4) is 0 Å². The fourth-order valence-electron chi connectivity index (χ4n) is 1.81. The van der Waals surface area contributed by atoms with Gasteiger partial charge in [-0.15, -0.1) is 0 Å². The summed E-state index contributed by atoms with van der Waals surface area (Å²) in [6, 6.07) is 6.31. The Balaban J connectivity index is 3.17. The Morgan fingerprint density at radius 3 is 2.53 bits per heavy atom. The van der Waals surface area contributed by atoms with E-state index in [1.165, 1.54) is 6.07 Å². The molecule has 2 unspecified atom stereocenters. The van der Waals surface area contributed by atoms with Crippen molar-refractivity contribution in [2.45, 2.75) is 25.9 Å². The van der Waals surface area contributed by atoms with Crippen LogP contribution in [0, 0.1) is 11.7 Å². The van der Waals surface area contributed by atoms with Crippen molar-refractivity contribution in [2.75, 3.05) is 6.54 Å². The van der Waals surface area contributed by atoms with Crippen molar-refractivity contribution < 1.29 is 9.50 Å². The summed E-state index contributed by atoms with van der Waals surface area (Å²) in [6.45, 7) is 3.99. The number of benzene rings is 1. The maximum absolute atomic E-state index is 13.6. The zero-order valence-electron chi connectivity index (χ0n) is 9.20. The minimum absolute atomic E-state index is 0.167. The topological polar surface area (TPSA) is 46.2 Å². The molecular formula is C12H18FNO. The maximum Gasteiger partial charge on any atom is 0.129 e. The molecule has 3 heteroatoms. The van der Waals surface area contributed by atoms with Crippen LogP contribution in [-0.2, 0) is 5.60 Å². The predicted octanol–water partition coefficient (Wildman–Crippen LogP) is 2.02. The fraction of sp³-hybridized carbons (Fsp3) is 0.500. The van der Waals surface area contributed by atoms with Gasteiger partial charge in [0.05, 0.1) is 5.60 Å². The lowest BCUT2D eigenvalue weighted by Crippen LogP contribution is -2.38. The van der Waals surface area contributed by atoms with Gasteiger partial charge in [-0.05, 0) is 19.0 Å². The molecule has 0 spiro atoms. The third kappa shape index (κ3) is 2.19. The molecule has 1 rings (SSSR count). The zero-order chi connectivity index (χ0) is 11.5. The summed E-state index contributed by atoms with van der Waals surface area (Å²) in [5, 5.41) is 10.4. The van der Waals surface area contributed by atoms with Gasteiger partial charge in [0.2, 0.25) is 0 Å². The monoisotopic (exact) mass is 211 g/mol. The second-order valence-corrected chi connectivity index (χ2v) is 3.89. The van der Waals surface area contributed by atoms with E-state index in [9.17, 15) is 9.50 Å². The Hall–Kier alpha value is -0.930. The highest BCUT2D eigenvalue weighted by Gasteiger charge is 2.35. The summed E-state index contributed by atoms with van der Waals surface area (Å²) in [7, 11) is 0. The zero-order valence-corrected chi connectivity index (χ0v) is 9.20. The molecule has 84 valence electrons. The van der Waals surface area contributed by atoms with Crippen LogP contribution in [-0.4, -0.2) is 11.7 Å². The molecule has 0 amide bonds. The molecular weight excluding hydrogens is 193 g/mol. The molecule has 2 atom stereocenters. The normalized spacial score (nSPS) is 17.1. The van der Waals surface area contributed by atoms with Crippen LogP contribution < -0.4 is 5.73 Å². The lowest BCUT2D eigenvalue weighted by molar-refractivity contribution is -0.0206. The average Bonchev–Trinajstić information content (AvgIpc) is 2.27. The molecule has 0 heterocycles. The Labute approximate surface area is 89.9 Å². The van der Waals surface area contributed by atoms with Crippen molar-refractivity contribution in [3.63, 3.8) is 0 Å². The summed E-state index contributed by atoms with van der Waals surface area (Å²) in [5.74, 6) is -0.540. The molecule has 15 heavy (non-hydrogen) atoms. The van der Waals surface area contributed by atoms with Crippen molar-refractivity contribution in [3.05, 3.63) is 35.6 Å². The van der Waals surface area contributed by atoms with E-state index in [1.807, 2.05) is 13.8 Å². The number of nitrogens with two attached hydrogens (primary N) is 1. The molecule has 0 saturated carbocycles. The summed E-state index contributed by atoms with van der Waals surface area (Å²) in [6.07, 6.45) is 0.451. The molecule has 0 fully saturated rings. The van der Waals surface area contributed by atoms with Gasteiger partial charge in [-0.2, -0.15) is 0 Å². The van der Waals surface area contributed by atoms with Gasteiger partial charge in [-0.3, -0.25) is 0 Å². The van der Waals surface area contributed by atoms with Crippen molar-refractivity contribution in [1.29, 1.82) is 0 Å². The Morgan fingerprint density at radius 2 is 2.07 bits per heavy atom. The highest BCUT2D eigenvalue weighted by Crippen LogP contribution is 2.33. The third-order valence-electron chi connectivity index (χ3n) is 3.05. The SMILES string of the molecule is CCC(O)(c1ccccc1F)C(C)CN. The summed E-state index contributed by atoms with van der Waals surface area (Å²) < 4.78 is 13.6. The Kier molecular flexibility index (Phi) is 3.83. The van der Waals surface area contributed by atoms with Crippen LogP contribution >= 0.6 is 0 Å². The van der Waals surface area contributed by atoms with Crippen LogP contribution in [0.2, 0.25) is 0 Å². The van der Waals surface area contributed by atoms with Crippen molar-refractivity contribution in [2.24, 2.45) is 11.7 Å². The molecule has 0 bridgehead atoms. The quantitative estimate of drug-likeness (QED) is 0.800. The number of rotatable bonds is 4. The molecule has 0 aromatic heterocycles. The standard InChI is InChI=1S/C12H18FNO/c1-3-12(15,9(2)8-14)10-6-4-5-7-11(10)13/h4-7,9,15H,3,8,14H2,1-2H3. The first-order valence-electron chi connectivity index (χ1n) is 5.23. The van der Waals surface area contributed by atoms with Gasteiger partial charge in [0.25, 0.3) is 0 Å². The Bertz CT molecular complexity index is 329. The van der Waals surface area contributed by atoms with E-state index in [2.05, 4.69) is 0 Å². The first-order chi connectivity index (χ1) is 7.06. The minimum Gasteiger partial charge on any atom is -0.385 e. The van der Waals surface area contributed by atoms with E-state index in [-0.39, 0.29) is 11.7 Å². The van der Waals surface area contributed by atoms with Gasteiger partial charge in [-0.25, -0.2) is 4.39 Å². The summed E-state index contributed by atoms with van der Waals surface area (Å²) in [5.41, 5.74) is 4.71. The van der Waals surface area contributed by atoms with Gasteiger partial charge in [-0.1, -0.05) is 32.0 Å². The van der Waals surface area contributed by atoms with Crippen LogP contribution in [0.25, 0.3) is 0 Å². The Morgan fingerprint density at radius 1 is 1.47 bits per heavy atom. The van der Waals surface area contributed by atoms with Crippen LogP contribution in [0.15, 0.2) is 24.3 Å².